The third kappa shape index (κ3) is 2.69. The summed E-state index contributed by atoms with van der Waals surface area (Å²) in [5, 5.41) is 8.98. The molecule has 1 rings (SSSR count). The van der Waals surface area contributed by atoms with Gasteiger partial charge in [0.25, 0.3) is 0 Å². The summed E-state index contributed by atoms with van der Waals surface area (Å²) in [6.07, 6.45) is -4.57. The van der Waals surface area contributed by atoms with Crippen molar-refractivity contribution in [2.24, 2.45) is 5.73 Å². The molecule has 3 N–H and O–H groups in total. The van der Waals surface area contributed by atoms with Gasteiger partial charge in [0.15, 0.2) is 11.6 Å². The highest BCUT2D eigenvalue weighted by Crippen LogP contribution is 2.36. The molecule has 6 heteroatoms. The molecule has 1 aromatic carbocycles. The summed E-state index contributed by atoms with van der Waals surface area (Å²) in [4.78, 5) is 0. The molecule has 1 atom stereocenters. The summed E-state index contributed by atoms with van der Waals surface area (Å²) in [6.45, 7) is 2.55. The first-order valence-electron chi connectivity index (χ1n) is 4.88. The molecule has 0 bridgehead atoms. The normalized spacial score (nSPS) is 14.8. The number of phenolic OH excluding ortho intramolecular Hbond substituents is 1. The van der Waals surface area contributed by atoms with Crippen LogP contribution in [0.3, 0.4) is 0 Å². The van der Waals surface area contributed by atoms with E-state index in [1.54, 1.807) is 0 Å². The number of rotatable bonds is 2. The van der Waals surface area contributed by atoms with Crippen LogP contribution in [0.15, 0.2) is 18.2 Å². The van der Waals surface area contributed by atoms with Crippen molar-refractivity contribution in [3.05, 3.63) is 29.6 Å². The molecule has 17 heavy (non-hydrogen) atoms. The zero-order valence-corrected chi connectivity index (χ0v) is 9.35. The lowest BCUT2D eigenvalue weighted by atomic mass is 9.77. The lowest BCUT2D eigenvalue weighted by Gasteiger charge is -2.33. The summed E-state index contributed by atoms with van der Waals surface area (Å²) in [6, 6.07) is 0.986. The van der Waals surface area contributed by atoms with Gasteiger partial charge in [0.1, 0.15) is 6.04 Å². The van der Waals surface area contributed by atoms with Crippen molar-refractivity contribution in [1.82, 2.24) is 0 Å². The van der Waals surface area contributed by atoms with Gasteiger partial charge in [0.05, 0.1) is 0 Å². The molecule has 96 valence electrons. The molecule has 0 amide bonds. The second-order valence-corrected chi connectivity index (χ2v) is 4.41. The highest BCUT2D eigenvalue weighted by atomic mass is 19.4. The molecule has 0 radical (unpaired) electrons. The minimum atomic E-state index is -4.57. The Morgan fingerprint density at radius 1 is 1.24 bits per heavy atom. The van der Waals surface area contributed by atoms with E-state index >= 15 is 0 Å². The van der Waals surface area contributed by atoms with Crippen LogP contribution < -0.4 is 5.73 Å². The number of hydrogen-bond acceptors (Lipinski definition) is 2. The van der Waals surface area contributed by atoms with Crippen molar-refractivity contribution in [3.8, 4) is 5.75 Å². The van der Waals surface area contributed by atoms with Gasteiger partial charge in [-0.2, -0.15) is 13.2 Å². The van der Waals surface area contributed by atoms with Crippen LogP contribution in [0.1, 0.15) is 19.4 Å². The second-order valence-electron chi connectivity index (χ2n) is 4.41. The third-order valence-corrected chi connectivity index (χ3v) is 2.82. The smallest absolute Gasteiger partial charge is 0.404 e. The van der Waals surface area contributed by atoms with Gasteiger partial charge in [0.2, 0.25) is 0 Å². The van der Waals surface area contributed by atoms with Crippen LogP contribution in [0.2, 0.25) is 0 Å². The van der Waals surface area contributed by atoms with Gasteiger partial charge in [-0.05, 0) is 17.7 Å². The summed E-state index contributed by atoms with van der Waals surface area (Å²) in [5.74, 6) is -1.57. The first-order valence-corrected chi connectivity index (χ1v) is 4.88. The van der Waals surface area contributed by atoms with Gasteiger partial charge < -0.3 is 10.8 Å². The average molecular weight is 251 g/mol. The second kappa shape index (κ2) is 4.18. The minimum Gasteiger partial charge on any atom is -0.505 e. The fraction of sp³-hybridized carbons (Fsp3) is 0.455. The fourth-order valence-corrected chi connectivity index (χ4v) is 1.50. The zero-order valence-electron chi connectivity index (χ0n) is 9.35. The Morgan fingerprint density at radius 3 is 2.18 bits per heavy atom. The van der Waals surface area contributed by atoms with E-state index in [4.69, 9.17) is 10.8 Å². The van der Waals surface area contributed by atoms with Crippen LogP contribution >= 0.6 is 0 Å². The van der Waals surface area contributed by atoms with Gasteiger partial charge >= 0.3 is 6.18 Å². The highest BCUT2D eigenvalue weighted by Gasteiger charge is 2.47. The molecule has 0 heterocycles. The summed E-state index contributed by atoms with van der Waals surface area (Å²) in [7, 11) is 0. The van der Waals surface area contributed by atoms with Gasteiger partial charge in [-0.25, -0.2) is 4.39 Å². The Morgan fingerprint density at radius 2 is 1.76 bits per heavy atom. The zero-order chi connectivity index (χ0) is 13.4. The molecular formula is C11H13F4NO. The summed E-state index contributed by atoms with van der Waals surface area (Å²) in [5.41, 5.74) is 3.74. The Bertz CT molecular complexity index is 414. The molecule has 0 aliphatic heterocycles. The maximum atomic E-state index is 13.1. The molecule has 0 saturated heterocycles. The van der Waals surface area contributed by atoms with Crippen LogP contribution in [0.25, 0.3) is 0 Å². The van der Waals surface area contributed by atoms with E-state index in [0.717, 1.165) is 12.1 Å². The number of phenols is 1. The van der Waals surface area contributed by atoms with E-state index in [1.807, 2.05) is 0 Å². The average Bonchev–Trinajstić information content (AvgIpc) is 2.19. The van der Waals surface area contributed by atoms with Crippen molar-refractivity contribution in [1.29, 1.82) is 0 Å². The molecule has 0 aliphatic rings. The lowest BCUT2D eigenvalue weighted by Crippen LogP contribution is -2.51. The minimum absolute atomic E-state index is 0.0811. The Labute approximate surface area is 96.1 Å². The predicted octanol–water partition coefficient (Wildman–Crippen LogP) is 2.70. The van der Waals surface area contributed by atoms with Crippen molar-refractivity contribution >= 4 is 0 Å². The van der Waals surface area contributed by atoms with E-state index in [1.165, 1.54) is 19.9 Å². The molecular weight excluding hydrogens is 238 g/mol. The quantitative estimate of drug-likeness (QED) is 0.794. The molecule has 2 nitrogen and oxygen atoms in total. The van der Waals surface area contributed by atoms with E-state index in [0.29, 0.717) is 0 Å². The molecule has 0 aromatic heterocycles. The summed E-state index contributed by atoms with van der Waals surface area (Å²) >= 11 is 0. The van der Waals surface area contributed by atoms with Gasteiger partial charge in [-0.15, -0.1) is 0 Å². The van der Waals surface area contributed by atoms with Crippen LogP contribution in [-0.2, 0) is 5.41 Å². The molecule has 1 aromatic rings. The first-order chi connectivity index (χ1) is 7.56. The maximum Gasteiger partial charge on any atom is 0.404 e. The predicted molar refractivity (Wildman–Crippen MR) is 55.1 cm³/mol. The molecule has 0 aliphatic carbocycles. The number of alkyl halides is 3. The highest BCUT2D eigenvalue weighted by molar-refractivity contribution is 5.33. The number of aromatic hydroxyl groups is 1. The lowest BCUT2D eigenvalue weighted by molar-refractivity contribution is -0.160. The van der Waals surface area contributed by atoms with Crippen LogP contribution in [-0.4, -0.2) is 17.3 Å². The number of halogens is 4. The van der Waals surface area contributed by atoms with E-state index in [-0.39, 0.29) is 5.56 Å². The molecule has 0 fully saturated rings. The largest absolute Gasteiger partial charge is 0.505 e. The standard InChI is InChI=1S/C11H13F4NO/c1-10(2,9(16)11(13,14)15)6-3-4-8(17)7(12)5-6/h3-5,9,17H,16H2,1-2H3. The Hall–Kier alpha value is -1.30. The van der Waals surface area contributed by atoms with Crippen molar-refractivity contribution in [2.45, 2.75) is 31.5 Å². The van der Waals surface area contributed by atoms with Crippen molar-refractivity contribution < 1.29 is 22.7 Å². The van der Waals surface area contributed by atoms with E-state index < -0.39 is 29.2 Å². The van der Waals surface area contributed by atoms with E-state index in [2.05, 4.69) is 0 Å². The SMILES string of the molecule is CC(C)(c1ccc(O)c(F)c1)C(N)C(F)(F)F. The van der Waals surface area contributed by atoms with Crippen LogP contribution in [0, 0.1) is 5.82 Å². The Balaban J connectivity index is 3.17. The van der Waals surface area contributed by atoms with Crippen molar-refractivity contribution in [2.75, 3.05) is 0 Å². The van der Waals surface area contributed by atoms with Crippen molar-refractivity contribution in [3.63, 3.8) is 0 Å². The Kier molecular flexibility index (Phi) is 3.38. The fourth-order valence-electron chi connectivity index (χ4n) is 1.50. The molecule has 1 unspecified atom stereocenters. The number of hydrogen-bond donors (Lipinski definition) is 2. The number of benzene rings is 1. The van der Waals surface area contributed by atoms with Gasteiger partial charge in [-0.1, -0.05) is 19.9 Å². The van der Waals surface area contributed by atoms with Gasteiger partial charge in [-0.3, -0.25) is 0 Å². The molecule has 0 saturated carbocycles. The van der Waals surface area contributed by atoms with Crippen LogP contribution in [0.4, 0.5) is 17.6 Å². The molecule has 0 spiro atoms. The topological polar surface area (TPSA) is 46.2 Å². The third-order valence-electron chi connectivity index (χ3n) is 2.82. The first kappa shape index (κ1) is 13.8. The van der Waals surface area contributed by atoms with E-state index in [9.17, 15) is 17.6 Å². The monoisotopic (exact) mass is 251 g/mol. The van der Waals surface area contributed by atoms with Gasteiger partial charge in [0, 0.05) is 5.41 Å². The van der Waals surface area contributed by atoms with Crippen LogP contribution in [0.5, 0.6) is 5.75 Å². The summed E-state index contributed by atoms with van der Waals surface area (Å²) < 4.78 is 50.7. The maximum absolute atomic E-state index is 13.1. The number of nitrogens with two attached hydrogens (primary N) is 1.